The minimum absolute atomic E-state index is 0.0702. The fourth-order valence-corrected chi connectivity index (χ4v) is 4.37. The highest BCUT2D eigenvalue weighted by Gasteiger charge is 2.40. The molecule has 3 nitrogen and oxygen atoms in total. The fourth-order valence-electron chi connectivity index (χ4n) is 3.49. The van der Waals surface area contributed by atoms with Crippen LogP contribution in [-0.4, -0.2) is 5.01 Å². The van der Waals surface area contributed by atoms with Gasteiger partial charge in [-0.3, -0.25) is 0 Å². The van der Waals surface area contributed by atoms with Crippen molar-refractivity contribution in [1.29, 1.82) is 0 Å². The number of ether oxygens (including phenoxy) is 1. The van der Waals surface area contributed by atoms with Gasteiger partial charge in [-0.1, -0.05) is 47.5 Å². The number of nitrogens with one attached hydrogen (secondary N) is 1. The van der Waals surface area contributed by atoms with Crippen LogP contribution in [0, 0.1) is 6.92 Å². The Kier molecular flexibility index (Phi) is 3.78. The molecule has 2 aliphatic heterocycles. The summed E-state index contributed by atoms with van der Waals surface area (Å²) in [6.45, 7) is 2.09. The Morgan fingerprint density at radius 1 is 1.12 bits per heavy atom. The first kappa shape index (κ1) is 15.9. The van der Waals surface area contributed by atoms with E-state index in [0.717, 1.165) is 27.6 Å². The first-order chi connectivity index (χ1) is 12.7. The van der Waals surface area contributed by atoms with Gasteiger partial charge in [0.05, 0.1) is 16.6 Å². The van der Waals surface area contributed by atoms with E-state index >= 15 is 0 Å². The van der Waals surface area contributed by atoms with E-state index in [4.69, 9.17) is 16.3 Å². The average Bonchev–Trinajstić information content (AvgIpc) is 3.32. The Morgan fingerprint density at radius 2 is 1.96 bits per heavy atom. The van der Waals surface area contributed by atoms with Gasteiger partial charge >= 0.3 is 0 Å². The van der Waals surface area contributed by atoms with Crippen LogP contribution in [-0.2, 0) is 0 Å². The van der Waals surface area contributed by atoms with Crippen LogP contribution in [0.5, 0.6) is 5.75 Å². The number of hydrogen-bond acceptors (Lipinski definition) is 4. The van der Waals surface area contributed by atoms with Gasteiger partial charge in [-0.15, -0.1) is 11.3 Å². The van der Waals surface area contributed by atoms with Crippen LogP contribution in [0.4, 0.5) is 0 Å². The minimum atomic E-state index is -0.206. The first-order valence-electron chi connectivity index (χ1n) is 8.52. The largest absolute Gasteiger partial charge is 0.469 e. The molecule has 1 N–H and O–H groups in total. The minimum Gasteiger partial charge on any atom is -0.469 e. The van der Waals surface area contributed by atoms with E-state index < -0.39 is 0 Å². The maximum atomic E-state index is 6.37. The third-order valence-electron chi connectivity index (χ3n) is 4.80. The standard InChI is InChI=1S/C21H17ClN2OS/c1-13-4-6-14(7-5-13)21-24-18(12-17(23-24)20-3-2-10-26-20)16-11-15(22)8-9-19(16)25-21/h2-12,18,21,23H,1H3/t18-,21+/m0/s1. The Labute approximate surface area is 161 Å². The number of nitrogens with zero attached hydrogens (tertiary/aromatic N) is 1. The van der Waals surface area contributed by atoms with E-state index in [9.17, 15) is 0 Å². The summed E-state index contributed by atoms with van der Waals surface area (Å²) in [4.78, 5) is 1.21. The second-order valence-electron chi connectivity index (χ2n) is 6.58. The molecule has 0 bridgehead atoms. The molecule has 0 amide bonds. The molecule has 5 rings (SSSR count). The van der Waals surface area contributed by atoms with Gasteiger partial charge in [0.15, 0.2) is 6.23 Å². The van der Waals surface area contributed by atoms with Crippen molar-refractivity contribution in [2.24, 2.45) is 0 Å². The molecule has 1 aromatic heterocycles. The summed E-state index contributed by atoms with van der Waals surface area (Å²) in [6.07, 6.45) is 2.05. The molecular formula is C21H17ClN2OS. The topological polar surface area (TPSA) is 24.5 Å². The van der Waals surface area contributed by atoms with E-state index in [2.05, 4.69) is 65.2 Å². The number of hydrogen-bond donors (Lipinski definition) is 1. The lowest BCUT2D eigenvalue weighted by Gasteiger charge is -2.39. The molecule has 0 saturated heterocycles. The molecular weight excluding hydrogens is 364 g/mol. The molecule has 2 aromatic carbocycles. The Bertz CT molecular complexity index is 982. The normalized spacial score (nSPS) is 21.4. The Hall–Kier alpha value is -2.27. The van der Waals surface area contributed by atoms with Gasteiger partial charge in [-0.2, -0.15) is 5.01 Å². The van der Waals surface area contributed by atoms with E-state index in [0.29, 0.717) is 0 Å². The maximum Gasteiger partial charge on any atom is 0.195 e. The number of fused-ring (bicyclic) bond motifs is 3. The predicted octanol–water partition coefficient (Wildman–Crippen LogP) is 5.70. The Morgan fingerprint density at radius 3 is 2.73 bits per heavy atom. The van der Waals surface area contributed by atoms with Crippen molar-refractivity contribution >= 4 is 28.6 Å². The van der Waals surface area contributed by atoms with Crippen LogP contribution < -0.4 is 10.2 Å². The van der Waals surface area contributed by atoms with E-state index in [1.54, 1.807) is 11.3 Å². The zero-order valence-electron chi connectivity index (χ0n) is 14.1. The van der Waals surface area contributed by atoms with Crippen LogP contribution in [0.2, 0.25) is 5.02 Å². The summed E-state index contributed by atoms with van der Waals surface area (Å²) in [7, 11) is 0. The molecule has 26 heavy (non-hydrogen) atoms. The summed E-state index contributed by atoms with van der Waals surface area (Å²) in [5.74, 6) is 0.881. The molecule has 3 heterocycles. The monoisotopic (exact) mass is 380 g/mol. The fraction of sp³-hybridized carbons (Fsp3) is 0.143. The quantitative estimate of drug-likeness (QED) is 0.616. The zero-order chi connectivity index (χ0) is 17.7. The molecule has 130 valence electrons. The zero-order valence-corrected chi connectivity index (χ0v) is 15.7. The molecule has 2 atom stereocenters. The van der Waals surface area contributed by atoms with Crippen molar-refractivity contribution in [3.63, 3.8) is 0 Å². The predicted molar refractivity (Wildman–Crippen MR) is 106 cm³/mol. The number of rotatable bonds is 2. The lowest BCUT2D eigenvalue weighted by atomic mass is 10.0. The van der Waals surface area contributed by atoms with Gasteiger partial charge in [0.2, 0.25) is 0 Å². The summed E-state index contributed by atoms with van der Waals surface area (Å²) in [5, 5.41) is 4.98. The van der Waals surface area contributed by atoms with Gasteiger partial charge in [-0.05, 0) is 42.6 Å². The van der Waals surface area contributed by atoms with Crippen LogP contribution in [0.3, 0.4) is 0 Å². The van der Waals surface area contributed by atoms with Crippen molar-refractivity contribution in [1.82, 2.24) is 10.4 Å². The van der Waals surface area contributed by atoms with Crippen LogP contribution >= 0.6 is 22.9 Å². The molecule has 5 heteroatoms. The molecule has 0 saturated carbocycles. The van der Waals surface area contributed by atoms with E-state index in [-0.39, 0.29) is 12.3 Å². The number of halogens is 1. The van der Waals surface area contributed by atoms with Gasteiger partial charge in [0.1, 0.15) is 5.75 Å². The highest BCUT2D eigenvalue weighted by Crippen LogP contribution is 2.46. The molecule has 0 radical (unpaired) electrons. The molecule has 2 aliphatic rings. The summed E-state index contributed by atoms with van der Waals surface area (Å²) >= 11 is 7.99. The molecule has 0 fully saturated rings. The average molecular weight is 381 g/mol. The van der Waals surface area contributed by atoms with Crippen molar-refractivity contribution in [3.8, 4) is 5.75 Å². The number of benzene rings is 2. The highest BCUT2D eigenvalue weighted by molar-refractivity contribution is 7.11. The SMILES string of the molecule is Cc1ccc([C@H]2Oc3ccc(Cl)cc3[C@@H]3C=C(c4cccs4)NN23)cc1. The summed E-state index contributed by atoms with van der Waals surface area (Å²) in [5.41, 5.74) is 8.10. The van der Waals surface area contributed by atoms with Crippen LogP contribution in [0.15, 0.2) is 66.1 Å². The van der Waals surface area contributed by atoms with Gasteiger partial charge in [0, 0.05) is 16.1 Å². The molecule has 0 spiro atoms. The van der Waals surface area contributed by atoms with Crippen molar-refractivity contribution in [2.75, 3.05) is 0 Å². The van der Waals surface area contributed by atoms with Crippen molar-refractivity contribution in [3.05, 3.63) is 92.6 Å². The van der Waals surface area contributed by atoms with Crippen molar-refractivity contribution < 1.29 is 4.74 Å². The third kappa shape index (κ3) is 2.62. The van der Waals surface area contributed by atoms with Crippen molar-refractivity contribution in [2.45, 2.75) is 19.2 Å². The summed E-state index contributed by atoms with van der Waals surface area (Å²) < 4.78 is 6.37. The van der Waals surface area contributed by atoms with E-state index in [1.807, 2.05) is 18.2 Å². The third-order valence-corrected chi connectivity index (χ3v) is 5.94. The van der Waals surface area contributed by atoms with Gasteiger partial charge < -0.3 is 10.2 Å². The lowest BCUT2D eigenvalue weighted by molar-refractivity contribution is -0.0326. The molecule has 0 aliphatic carbocycles. The number of thiophene rings is 1. The maximum absolute atomic E-state index is 6.37. The number of hydrazine groups is 1. The lowest BCUT2D eigenvalue weighted by Crippen LogP contribution is -2.43. The second-order valence-corrected chi connectivity index (χ2v) is 7.97. The Balaban J connectivity index is 1.61. The number of aryl methyl sites for hydroxylation is 1. The molecule has 0 unspecified atom stereocenters. The second kappa shape index (κ2) is 6.16. The molecule has 3 aromatic rings. The smallest absolute Gasteiger partial charge is 0.195 e. The summed E-state index contributed by atoms with van der Waals surface area (Å²) in [6, 6.07) is 18.6. The first-order valence-corrected chi connectivity index (χ1v) is 9.78. The van der Waals surface area contributed by atoms with Gasteiger partial charge in [-0.25, -0.2) is 0 Å². The van der Waals surface area contributed by atoms with Gasteiger partial charge in [0.25, 0.3) is 0 Å². The van der Waals surface area contributed by atoms with Crippen LogP contribution in [0.1, 0.15) is 33.8 Å². The highest BCUT2D eigenvalue weighted by atomic mass is 35.5. The van der Waals surface area contributed by atoms with Crippen LogP contribution in [0.25, 0.3) is 5.70 Å². The van der Waals surface area contributed by atoms with E-state index in [1.165, 1.54) is 10.4 Å².